The quantitative estimate of drug-likeness (QED) is 0.335. The van der Waals surface area contributed by atoms with Crippen LogP contribution in [-0.2, 0) is 40.2 Å². The van der Waals surface area contributed by atoms with Gasteiger partial charge >= 0.3 is 5.97 Å². The third-order valence-corrected chi connectivity index (χ3v) is 6.82. The standard InChI is InChI=1S/C27H26N2O5S/c1-2-19-8-11-22(28-17-19)14-15-33-23-12-9-20(10-13-23)16-27(24(30)29-26(32)35-27)25(31)34-18-21-6-4-3-5-7-21/h3-13,17H,2,14-16,18H2,1H3,(H,29,30,32)/t27-/m0/s1. The van der Waals surface area contributed by atoms with Crippen LogP contribution in [0.15, 0.2) is 72.9 Å². The molecule has 3 aromatic rings. The third kappa shape index (κ3) is 6.08. The van der Waals surface area contributed by atoms with Crippen molar-refractivity contribution >= 4 is 28.9 Å². The van der Waals surface area contributed by atoms with Crippen molar-refractivity contribution < 1.29 is 23.9 Å². The molecular weight excluding hydrogens is 464 g/mol. The lowest BCUT2D eigenvalue weighted by Gasteiger charge is -2.22. The fourth-order valence-electron chi connectivity index (χ4n) is 3.66. The molecule has 0 saturated carbocycles. The highest BCUT2D eigenvalue weighted by atomic mass is 32.2. The zero-order chi connectivity index (χ0) is 24.7. The van der Waals surface area contributed by atoms with Crippen LogP contribution in [0, 0.1) is 0 Å². The van der Waals surface area contributed by atoms with Gasteiger partial charge < -0.3 is 9.47 Å². The van der Waals surface area contributed by atoms with Crippen molar-refractivity contribution in [3.63, 3.8) is 0 Å². The minimum absolute atomic E-state index is 0.0201. The second kappa shape index (κ2) is 11.2. The maximum atomic E-state index is 13.0. The van der Waals surface area contributed by atoms with Crippen LogP contribution in [0.25, 0.3) is 0 Å². The molecule has 1 aliphatic heterocycles. The average molecular weight is 491 g/mol. The summed E-state index contributed by atoms with van der Waals surface area (Å²) in [6, 6.07) is 20.4. The molecule has 2 heterocycles. The molecule has 4 rings (SSSR count). The van der Waals surface area contributed by atoms with Gasteiger partial charge in [-0.1, -0.05) is 55.5 Å². The molecule has 1 aliphatic rings. The topological polar surface area (TPSA) is 94.6 Å². The number of hydrogen-bond acceptors (Lipinski definition) is 7. The second-order valence-electron chi connectivity index (χ2n) is 8.16. The van der Waals surface area contributed by atoms with Crippen LogP contribution in [-0.4, -0.2) is 33.5 Å². The van der Waals surface area contributed by atoms with Gasteiger partial charge in [0.15, 0.2) is 0 Å². The third-order valence-electron chi connectivity index (χ3n) is 5.69. The van der Waals surface area contributed by atoms with Crippen molar-refractivity contribution in [3.8, 4) is 5.75 Å². The lowest BCUT2D eigenvalue weighted by Crippen LogP contribution is -2.46. The molecule has 0 spiro atoms. The van der Waals surface area contributed by atoms with Gasteiger partial charge in [-0.15, -0.1) is 0 Å². The van der Waals surface area contributed by atoms with Gasteiger partial charge in [0, 0.05) is 24.7 Å². The van der Waals surface area contributed by atoms with E-state index in [1.165, 1.54) is 5.56 Å². The number of pyridine rings is 1. The van der Waals surface area contributed by atoms with E-state index in [0.29, 0.717) is 36.1 Å². The van der Waals surface area contributed by atoms with E-state index in [4.69, 9.17) is 9.47 Å². The molecule has 2 amide bonds. The molecule has 35 heavy (non-hydrogen) atoms. The number of rotatable bonds is 10. The highest BCUT2D eigenvalue weighted by molar-refractivity contribution is 8.16. The number of esters is 1. The first-order valence-corrected chi connectivity index (χ1v) is 12.2. The van der Waals surface area contributed by atoms with Gasteiger partial charge in [-0.3, -0.25) is 19.9 Å². The number of carbonyl (C=O) groups is 3. The van der Waals surface area contributed by atoms with Crippen molar-refractivity contribution in [2.24, 2.45) is 0 Å². The van der Waals surface area contributed by atoms with Crippen molar-refractivity contribution in [2.75, 3.05) is 6.61 Å². The summed E-state index contributed by atoms with van der Waals surface area (Å²) in [6.07, 6.45) is 3.54. The minimum atomic E-state index is -1.66. The van der Waals surface area contributed by atoms with E-state index < -0.39 is 21.9 Å². The van der Waals surface area contributed by atoms with E-state index in [2.05, 4.69) is 23.3 Å². The Balaban J connectivity index is 1.37. The Morgan fingerprint density at radius 1 is 0.971 bits per heavy atom. The number of ether oxygens (including phenoxy) is 2. The molecule has 0 bridgehead atoms. The number of aryl methyl sites for hydroxylation is 1. The summed E-state index contributed by atoms with van der Waals surface area (Å²) in [7, 11) is 0. The van der Waals surface area contributed by atoms with E-state index in [1.807, 2.05) is 42.6 Å². The lowest BCUT2D eigenvalue weighted by atomic mass is 9.97. The molecule has 1 fully saturated rings. The monoisotopic (exact) mass is 490 g/mol. The van der Waals surface area contributed by atoms with E-state index in [0.717, 1.165) is 17.7 Å². The Morgan fingerprint density at radius 2 is 1.71 bits per heavy atom. The number of benzene rings is 2. The predicted molar refractivity (Wildman–Crippen MR) is 133 cm³/mol. The first-order chi connectivity index (χ1) is 17.0. The second-order valence-corrected chi connectivity index (χ2v) is 9.43. The van der Waals surface area contributed by atoms with Crippen molar-refractivity contribution in [1.29, 1.82) is 0 Å². The Hall–Kier alpha value is -3.65. The first-order valence-electron chi connectivity index (χ1n) is 11.4. The van der Waals surface area contributed by atoms with E-state index in [1.54, 1.807) is 24.3 Å². The van der Waals surface area contributed by atoms with Crippen LogP contribution in [0.3, 0.4) is 0 Å². The summed E-state index contributed by atoms with van der Waals surface area (Å²) in [4.78, 5) is 42.1. The normalized spacial score (nSPS) is 17.2. The maximum absolute atomic E-state index is 13.0. The Kier molecular flexibility index (Phi) is 7.82. The van der Waals surface area contributed by atoms with Crippen LogP contribution in [0.5, 0.6) is 5.75 Å². The van der Waals surface area contributed by atoms with Gasteiger partial charge in [-0.2, -0.15) is 0 Å². The number of hydrogen-bond donors (Lipinski definition) is 1. The molecule has 2 aromatic carbocycles. The van der Waals surface area contributed by atoms with Crippen LogP contribution < -0.4 is 10.1 Å². The Bertz CT molecular complexity index is 1180. The molecule has 0 radical (unpaired) electrons. The Morgan fingerprint density at radius 3 is 2.34 bits per heavy atom. The minimum Gasteiger partial charge on any atom is -0.493 e. The van der Waals surface area contributed by atoms with Crippen molar-refractivity contribution in [2.45, 2.75) is 37.5 Å². The number of aromatic nitrogens is 1. The van der Waals surface area contributed by atoms with Gasteiger partial charge in [0.05, 0.1) is 6.61 Å². The van der Waals surface area contributed by atoms with E-state index in [-0.39, 0.29) is 13.0 Å². The van der Waals surface area contributed by atoms with Gasteiger partial charge in [-0.05, 0) is 53.1 Å². The largest absolute Gasteiger partial charge is 0.493 e. The zero-order valence-electron chi connectivity index (χ0n) is 19.4. The average Bonchev–Trinajstić information content (AvgIpc) is 3.18. The molecule has 0 unspecified atom stereocenters. The van der Waals surface area contributed by atoms with Crippen molar-refractivity contribution in [1.82, 2.24) is 10.3 Å². The molecule has 7 nitrogen and oxygen atoms in total. The predicted octanol–water partition coefficient (Wildman–Crippen LogP) is 4.27. The van der Waals surface area contributed by atoms with E-state index in [9.17, 15) is 14.4 Å². The Labute approximate surface area is 208 Å². The smallest absolute Gasteiger partial charge is 0.333 e. The van der Waals surface area contributed by atoms with Gasteiger partial charge in [0.1, 0.15) is 12.4 Å². The summed E-state index contributed by atoms with van der Waals surface area (Å²) < 4.78 is 9.59. The van der Waals surface area contributed by atoms with Gasteiger partial charge in [0.2, 0.25) is 4.75 Å². The van der Waals surface area contributed by atoms with Gasteiger partial charge in [-0.25, -0.2) is 4.79 Å². The molecule has 180 valence electrons. The molecule has 0 aliphatic carbocycles. The molecular formula is C27H26N2O5S. The lowest BCUT2D eigenvalue weighted by molar-refractivity contribution is -0.150. The number of imide groups is 1. The zero-order valence-corrected chi connectivity index (χ0v) is 20.2. The van der Waals surface area contributed by atoms with Crippen LogP contribution >= 0.6 is 11.8 Å². The van der Waals surface area contributed by atoms with E-state index >= 15 is 0 Å². The molecule has 1 saturated heterocycles. The van der Waals surface area contributed by atoms with Crippen LogP contribution in [0.1, 0.15) is 29.3 Å². The number of nitrogens with zero attached hydrogens (tertiary/aromatic N) is 1. The molecule has 1 atom stereocenters. The fourth-order valence-corrected chi connectivity index (χ4v) is 4.65. The number of nitrogens with one attached hydrogen (secondary N) is 1. The highest BCUT2D eigenvalue weighted by Gasteiger charge is 2.55. The maximum Gasteiger partial charge on any atom is 0.333 e. The summed E-state index contributed by atoms with van der Waals surface area (Å²) in [5, 5.41) is 1.66. The SMILES string of the molecule is CCc1ccc(CCOc2ccc(C[C@]3(C(=O)OCc4ccccc4)SC(=O)NC3=O)cc2)nc1. The summed E-state index contributed by atoms with van der Waals surface area (Å²) in [5.41, 5.74) is 3.67. The summed E-state index contributed by atoms with van der Waals surface area (Å²) in [6.45, 7) is 2.58. The summed E-state index contributed by atoms with van der Waals surface area (Å²) >= 11 is 0.665. The molecule has 1 aromatic heterocycles. The first kappa shape index (κ1) is 24.5. The van der Waals surface area contributed by atoms with Crippen LogP contribution in [0.2, 0.25) is 0 Å². The molecule has 1 N–H and O–H groups in total. The van der Waals surface area contributed by atoms with Gasteiger partial charge in [0.25, 0.3) is 11.1 Å². The highest BCUT2D eigenvalue weighted by Crippen LogP contribution is 2.37. The van der Waals surface area contributed by atoms with Crippen molar-refractivity contribution in [3.05, 3.63) is 95.3 Å². The molecule has 8 heteroatoms. The summed E-state index contributed by atoms with van der Waals surface area (Å²) in [5.74, 6) is -0.733. The number of amides is 2. The fraction of sp³-hybridized carbons (Fsp3) is 0.259. The number of thioether (sulfide) groups is 1. The number of carbonyl (C=O) groups excluding carboxylic acids is 3. The van der Waals surface area contributed by atoms with Crippen LogP contribution in [0.4, 0.5) is 4.79 Å².